The van der Waals surface area contributed by atoms with Crippen LogP contribution in [0.5, 0.6) is 0 Å². The Hall–Kier alpha value is -6.65. The van der Waals surface area contributed by atoms with E-state index in [0.29, 0.717) is 17.2 Å². The van der Waals surface area contributed by atoms with E-state index in [1.165, 1.54) is 0 Å². The van der Waals surface area contributed by atoms with Crippen LogP contribution in [0.3, 0.4) is 0 Å². The van der Waals surface area contributed by atoms with E-state index in [0.717, 1.165) is 26.8 Å². The van der Waals surface area contributed by atoms with E-state index in [4.69, 9.17) is 27.3 Å². The van der Waals surface area contributed by atoms with Gasteiger partial charge in [0.25, 0.3) is 0 Å². The molecule has 0 aliphatic heterocycles. The molecule has 7 aromatic carbocycles. The Bertz CT molecular complexity index is 3240. The molecule has 49 heavy (non-hydrogen) atoms. The number of benzene rings is 7. The maximum Gasteiger partial charge on any atom is 0.164 e. The van der Waals surface area contributed by atoms with Gasteiger partial charge in [0.1, 0.15) is 0 Å². The Kier molecular flexibility index (Phi) is 4.63. The van der Waals surface area contributed by atoms with E-state index < -0.39 is 78.2 Å². The molecule has 0 amide bonds. The highest BCUT2D eigenvalue weighted by Crippen LogP contribution is 2.36. The van der Waals surface area contributed by atoms with Crippen molar-refractivity contribution in [3.05, 3.63) is 182 Å². The van der Waals surface area contributed by atoms with Crippen LogP contribution in [-0.2, 0) is 0 Å². The predicted molar refractivity (Wildman–Crippen MR) is 201 cm³/mol. The van der Waals surface area contributed by atoms with Gasteiger partial charge in [0.15, 0.2) is 17.5 Å². The minimum absolute atomic E-state index is 0.0694. The largest absolute Gasteiger partial charge is 0.309 e. The fourth-order valence-electron chi connectivity index (χ4n) is 5.84. The van der Waals surface area contributed by atoms with Crippen LogP contribution in [0.1, 0.15) is 16.4 Å². The maximum atomic E-state index is 9.69. The lowest BCUT2D eigenvalue weighted by Crippen LogP contribution is -2.00. The Morgan fingerprint density at radius 2 is 0.918 bits per heavy atom. The molecule has 2 aromatic heterocycles. The van der Waals surface area contributed by atoms with Gasteiger partial charge in [-0.1, -0.05) is 151 Å². The second-order valence-electron chi connectivity index (χ2n) is 11.2. The summed E-state index contributed by atoms with van der Waals surface area (Å²) in [5.41, 5.74) is 3.25. The van der Waals surface area contributed by atoms with Crippen molar-refractivity contribution in [1.29, 1.82) is 0 Å². The van der Waals surface area contributed by atoms with Gasteiger partial charge in [-0.2, -0.15) is 0 Å². The molecule has 0 atom stereocenters. The third kappa shape index (κ3) is 5.35. The molecule has 9 rings (SSSR count). The van der Waals surface area contributed by atoms with E-state index >= 15 is 0 Å². The van der Waals surface area contributed by atoms with Gasteiger partial charge in [-0.15, -0.1) is 0 Å². The fourth-order valence-corrected chi connectivity index (χ4v) is 5.84. The van der Waals surface area contributed by atoms with Crippen molar-refractivity contribution in [2.24, 2.45) is 0 Å². The summed E-state index contributed by atoms with van der Waals surface area (Å²) >= 11 is 0. The lowest BCUT2D eigenvalue weighted by atomic mass is 10.0. The van der Waals surface area contributed by atoms with Crippen LogP contribution >= 0.6 is 0 Å². The average Bonchev–Trinajstić information content (AvgIpc) is 3.65. The number of para-hydroxylation sites is 2. The quantitative estimate of drug-likeness (QED) is 0.182. The molecule has 0 fully saturated rings. The summed E-state index contributed by atoms with van der Waals surface area (Å²) in [5, 5.41) is -0.417. The molecule has 9 aromatic rings. The van der Waals surface area contributed by atoms with E-state index in [9.17, 15) is 4.11 Å². The SMILES string of the molecule is [2H]c1c([2H])c([2H])c(-n2c3c([2H])c([2H])c([2H])c([2H])c3c3c([2H])c([2H])c(-c4cccc(-c5nc(-c6ccccc6)nc(-c6ccc(-c7ccccc7)cc6)n5)c4)c([2H])c32)c([2H])c1[2H]. The van der Waals surface area contributed by atoms with E-state index in [-0.39, 0.29) is 38.8 Å². The summed E-state index contributed by atoms with van der Waals surface area (Å²) in [7, 11) is 0. The third-order valence-corrected chi connectivity index (χ3v) is 8.20. The Balaban J connectivity index is 1.29. The third-order valence-electron chi connectivity index (χ3n) is 8.20. The second kappa shape index (κ2) is 12.2. The zero-order chi connectivity index (χ0) is 43.0. The Morgan fingerprint density at radius 3 is 1.65 bits per heavy atom. The molecule has 0 aliphatic rings. The second-order valence-corrected chi connectivity index (χ2v) is 11.2. The minimum atomic E-state index is -0.701. The van der Waals surface area contributed by atoms with Crippen molar-refractivity contribution in [2.45, 2.75) is 0 Å². The molecule has 230 valence electrons. The predicted octanol–water partition coefficient (Wildman–Crippen LogP) is 11.3. The van der Waals surface area contributed by atoms with Crippen LogP contribution in [0, 0.1) is 0 Å². The van der Waals surface area contributed by atoms with Crippen molar-refractivity contribution in [3.63, 3.8) is 0 Å². The molecule has 0 saturated carbocycles. The standard InChI is InChI=1S/C45H30N4/c1-4-13-31(14-5-1)32-23-25-34(26-24-32)44-46-43(33-15-6-2-7-16-33)47-45(48-44)37-18-12-17-35(29-37)36-27-28-40-39-21-10-11-22-41(39)49(42(40)30-36)38-19-8-3-9-20-38/h1-30H/i3D,8D,9D,10D,11D,19D,20D,21D,22D,27D,28D,30D. The van der Waals surface area contributed by atoms with Gasteiger partial charge >= 0.3 is 0 Å². The van der Waals surface area contributed by atoms with E-state index in [1.54, 1.807) is 24.3 Å². The zero-order valence-electron chi connectivity index (χ0n) is 37.7. The molecule has 0 N–H and O–H groups in total. The van der Waals surface area contributed by atoms with Gasteiger partial charge in [-0.3, -0.25) is 0 Å². The molecule has 0 aliphatic carbocycles. The number of hydrogen-bond donors (Lipinski definition) is 0. The molecule has 0 bridgehead atoms. The summed E-state index contributed by atoms with van der Waals surface area (Å²) < 4.78 is 107. The Morgan fingerprint density at radius 1 is 0.388 bits per heavy atom. The van der Waals surface area contributed by atoms with Crippen molar-refractivity contribution >= 4 is 21.8 Å². The van der Waals surface area contributed by atoms with E-state index in [1.807, 2.05) is 84.9 Å². The monoisotopic (exact) mass is 638 g/mol. The highest BCUT2D eigenvalue weighted by molar-refractivity contribution is 6.10. The number of aromatic nitrogens is 4. The minimum Gasteiger partial charge on any atom is -0.309 e. The lowest BCUT2D eigenvalue weighted by Gasteiger charge is -2.11. The van der Waals surface area contributed by atoms with Gasteiger partial charge in [0.05, 0.1) is 27.5 Å². The van der Waals surface area contributed by atoms with Crippen molar-refractivity contribution in [3.8, 4) is 62.1 Å². The van der Waals surface area contributed by atoms with Gasteiger partial charge in [-0.05, 0) is 52.5 Å². The number of fused-ring (bicyclic) bond motifs is 3. The summed E-state index contributed by atoms with van der Waals surface area (Å²) in [6, 6.07) is 26.7. The van der Waals surface area contributed by atoms with Gasteiger partial charge in [-0.25, -0.2) is 15.0 Å². The normalized spacial score (nSPS) is 14.7. The van der Waals surface area contributed by atoms with Gasteiger partial charge < -0.3 is 4.57 Å². The fraction of sp³-hybridized carbons (Fsp3) is 0. The topological polar surface area (TPSA) is 43.6 Å². The van der Waals surface area contributed by atoms with Crippen molar-refractivity contribution in [1.82, 2.24) is 19.5 Å². The smallest absolute Gasteiger partial charge is 0.164 e. The van der Waals surface area contributed by atoms with Crippen LogP contribution in [0.15, 0.2) is 182 Å². The van der Waals surface area contributed by atoms with Gasteiger partial charge in [0.2, 0.25) is 0 Å². The first kappa shape index (κ1) is 18.6. The molecular weight excluding hydrogens is 597 g/mol. The first-order chi connectivity index (χ1) is 29.3. The first-order valence-electron chi connectivity index (χ1n) is 21.5. The maximum absolute atomic E-state index is 9.69. The molecule has 0 saturated heterocycles. The summed E-state index contributed by atoms with van der Waals surface area (Å²) in [6.45, 7) is 0. The average molecular weight is 639 g/mol. The molecule has 2 heterocycles. The summed E-state index contributed by atoms with van der Waals surface area (Å²) in [6.07, 6.45) is 0. The van der Waals surface area contributed by atoms with Crippen molar-refractivity contribution in [2.75, 3.05) is 0 Å². The molecule has 4 nitrogen and oxygen atoms in total. The molecular formula is C45H30N4. The first-order valence-corrected chi connectivity index (χ1v) is 15.5. The molecule has 0 spiro atoms. The number of nitrogens with zero attached hydrogens (tertiary/aromatic N) is 4. The zero-order valence-corrected chi connectivity index (χ0v) is 25.7. The van der Waals surface area contributed by atoms with Crippen LogP contribution in [0.25, 0.3) is 83.9 Å². The highest BCUT2D eigenvalue weighted by Gasteiger charge is 2.15. The molecule has 0 unspecified atom stereocenters. The van der Waals surface area contributed by atoms with Crippen LogP contribution < -0.4 is 0 Å². The van der Waals surface area contributed by atoms with Crippen molar-refractivity contribution < 1.29 is 16.4 Å². The molecule has 4 heteroatoms. The highest BCUT2D eigenvalue weighted by atomic mass is 15.0. The van der Waals surface area contributed by atoms with Crippen LogP contribution in [-0.4, -0.2) is 19.5 Å². The Labute approximate surface area is 301 Å². The number of rotatable bonds is 6. The number of hydrogen-bond acceptors (Lipinski definition) is 3. The summed E-state index contributed by atoms with van der Waals surface area (Å²) in [5.74, 6) is 1.08. The molecule has 0 radical (unpaired) electrons. The van der Waals surface area contributed by atoms with Gasteiger partial charge in [0, 0.05) is 33.2 Å². The van der Waals surface area contributed by atoms with E-state index in [2.05, 4.69) is 0 Å². The van der Waals surface area contributed by atoms with Crippen LogP contribution in [0.2, 0.25) is 0 Å². The summed E-state index contributed by atoms with van der Waals surface area (Å²) in [4.78, 5) is 14.6. The lowest BCUT2D eigenvalue weighted by molar-refractivity contribution is 1.07. The van der Waals surface area contributed by atoms with Crippen LogP contribution in [0.4, 0.5) is 0 Å².